The lowest BCUT2D eigenvalue weighted by atomic mass is 10.1. The SMILES string of the molecule is COc1ccc(S(=O)(=O)Nc2cccc(C)c2)cc1-c1cnc2c(cnn2-c2ccccc2)c1. The van der Waals surface area contributed by atoms with Crippen molar-refractivity contribution in [2.45, 2.75) is 11.8 Å². The highest BCUT2D eigenvalue weighted by Crippen LogP contribution is 2.34. The first-order chi connectivity index (χ1) is 16.4. The molecule has 170 valence electrons. The van der Waals surface area contributed by atoms with Gasteiger partial charge in [-0.05, 0) is 61.0 Å². The number of aromatic nitrogens is 3. The van der Waals surface area contributed by atoms with Crippen LogP contribution >= 0.6 is 0 Å². The van der Waals surface area contributed by atoms with E-state index in [1.54, 1.807) is 48.5 Å². The van der Waals surface area contributed by atoms with Gasteiger partial charge >= 0.3 is 0 Å². The van der Waals surface area contributed by atoms with Crippen LogP contribution in [-0.4, -0.2) is 30.3 Å². The topological polar surface area (TPSA) is 86.1 Å². The van der Waals surface area contributed by atoms with Gasteiger partial charge in [0.1, 0.15) is 5.75 Å². The Morgan fingerprint density at radius 2 is 1.74 bits per heavy atom. The van der Waals surface area contributed by atoms with E-state index in [1.807, 2.05) is 55.5 Å². The minimum absolute atomic E-state index is 0.130. The highest BCUT2D eigenvalue weighted by Gasteiger charge is 2.19. The predicted octanol–water partition coefficient (Wildman–Crippen LogP) is 5.21. The minimum Gasteiger partial charge on any atom is -0.496 e. The van der Waals surface area contributed by atoms with Crippen molar-refractivity contribution in [3.63, 3.8) is 0 Å². The highest BCUT2D eigenvalue weighted by atomic mass is 32.2. The minimum atomic E-state index is -3.80. The Kier molecular flexibility index (Phi) is 5.51. The molecule has 5 rings (SSSR count). The van der Waals surface area contributed by atoms with Gasteiger partial charge in [0.15, 0.2) is 5.65 Å². The number of nitrogens with zero attached hydrogens (tertiary/aromatic N) is 3. The first kappa shape index (κ1) is 21.7. The summed E-state index contributed by atoms with van der Waals surface area (Å²) >= 11 is 0. The molecular formula is C26H22N4O3S. The Labute approximate surface area is 197 Å². The van der Waals surface area contributed by atoms with Crippen molar-refractivity contribution in [3.05, 3.63) is 96.8 Å². The van der Waals surface area contributed by atoms with Crippen LogP contribution < -0.4 is 9.46 Å². The number of pyridine rings is 1. The molecule has 0 amide bonds. The van der Waals surface area contributed by atoms with E-state index in [0.29, 0.717) is 22.6 Å². The van der Waals surface area contributed by atoms with Crippen molar-refractivity contribution in [2.24, 2.45) is 0 Å². The molecule has 0 aliphatic carbocycles. The quantitative estimate of drug-likeness (QED) is 0.368. The predicted molar refractivity (Wildman–Crippen MR) is 133 cm³/mol. The Balaban J connectivity index is 1.55. The third-order valence-corrected chi connectivity index (χ3v) is 6.85. The van der Waals surface area contributed by atoms with Gasteiger partial charge in [-0.2, -0.15) is 5.10 Å². The van der Waals surface area contributed by atoms with E-state index in [0.717, 1.165) is 22.2 Å². The van der Waals surface area contributed by atoms with E-state index >= 15 is 0 Å². The van der Waals surface area contributed by atoms with Crippen LogP contribution in [0.1, 0.15) is 5.56 Å². The normalized spacial score (nSPS) is 11.5. The average molecular weight is 471 g/mol. The van der Waals surface area contributed by atoms with E-state index in [2.05, 4.69) is 14.8 Å². The maximum Gasteiger partial charge on any atom is 0.261 e. The van der Waals surface area contributed by atoms with E-state index in [4.69, 9.17) is 4.74 Å². The van der Waals surface area contributed by atoms with Gasteiger partial charge in [-0.3, -0.25) is 4.72 Å². The summed E-state index contributed by atoms with van der Waals surface area (Å²) in [6, 6.07) is 23.7. The summed E-state index contributed by atoms with van der Waals surface area (Å²) in [4.78, 5) is 4.75. The number of sulfonamides is 1. The van der Waals surface area contributed by atoms with Crippen molar-refractivity contribution in [1.29, 1.82) is 0 Å². The molecule has 3 aromatic carbocycles. The highest BCUT2D eigenvalue weighted by molar-refractivity contribution is 7.92. The summed E-state index contributed by atoms with van der Waals surface area (Å²) < 4.78 is 36.1. The summed E-state index contributed by atoms with van der Waals surface area (Å²) in [6.45, 7) is 1.91. The standard InChI is InChI=1S/C26H22N4O3S/c1-18-7-6-8-21(13-18)29-34(31,32)23-11-12-25(33-2)24(15-23)19-14-20-17-28-30(26(20)27-16-19)22-9-4-3-5-10-22/h3-17,29H,1-2H3. The average Bonchev–Trinajstić information content (AvgIpc) is 3.27. The molecule has 0 fully saturated rings. The van der Waals surface area contributed by atoms with E-state index in [9.17, 15) is 8.42 Å². The van der Waals surface area contributed by atoms with E-state index < -0.39 is 10.0 Å². The Hall–Kier alpha value is -4.17. The molecule has 2 aromatic heterocycles. The fourth-order valence-corrected chi connectivity index (χ4v) is 4.90. The van der Waals surface area contributed by atoms with Gasteiger partial charge in [-0.1, -0.05) is 30.3 Å². The third-order valence-electron chi connectivity index (χ3n) is 5.47. The Morgan fingerprint density at radius 3 is 2.50 bits per heavy atom. The van der Waals surface area contributed by atoms with Gasteiger partial charge in [0.25, 0.3) is 10.0 Å². The molecule has 0 unspecified atom stereocenters. The monoisotopic (exact) mass is 470 g/mol. The van der Waals surface area contributed by atoms with Gasteiger partial charge in [0.05, 0.1) is 23.9 Å². The number of hydrogen-bond donors (Lipinski definition) is 1. The third kappa shape index (κ3) is 4.11. The van der Waals surface area contributed by atoms with Crippen molar-refractivity contribution in [1.82, 2.24) is 14.8 Å². The molecule has 0 spiro atoms. The van der Waals surface area contributed by atoms with Crippen LogP contribution in [0.4, 0.5) is 5.69 Å². The molecule has 7 nitrogen and oxygen atoms in total. The molecule has 0 aliphatic rings. The van der Waals surface area contributed by atoms with Crippen LogP contribution in [0.5, 0.6) is 5.75 Å². The molecule has 0 saturated heterocycles. The molecule has 2 heterocycles. The lowest BCUT2D eigenvalue weighted by molar-refractivity contribution is 0.416. The summed E-state index contributed by atoms with van der Waals surface area (Å²) in [5.41, 5.74) is 4.44. The zero-order valence-corrected chi connectivity index (χ0v) is 19.5. The van der Waals surface area contributed by atoms with Crippen molar-refractivity contribution in [3.8, 4) is 22.6 Å². The first-order valence-corrected chi connectivity index (χ1v) is 12.1. The van der Waals surface area contributed by atoms with E-state index in [1.165, 1.54) is 6.07 Å². The molecule has 8 heteroatoms. The maximum absolute atomic E-state index is 13.1. The number of methoxy groups -OCH3 is 1. The number of hydrogen-bond acceptors (Lipinski definition) is 5. The molecular weight excluding hydrogens is 448 g/mol. The maximum atomic E-state index is 13.1. The zero-order chi connectivity index (χ0) is 23.7. The number of ether oxygens (including phenoxy) is 1. The molecule has 0 saturated carbocycles. The number of para-hydroxylation sites is 1. The summed E-state index contributed by atoms with van der Waals surface area (Å²) in [5.74, 6) is 0.547. The molecule has 1 N–H and O–H groups in total. The van der Waals surface area contributed by atoms with Gasteiger partial charge in [0, 0.05) is 28.4 Å². The number of fused-ring (bicyclic) bond motifs is 1. The smallest absolute Gasteiger partial charge is 0.261 e. The molecule has 0 radical (unpaired) electrons. The second kappa shape index (κ2) is 8.64. The molecule has 0 bridgehead atoms. The largest absolute Gasteiger partial charge is 0.496 e. The van der Waals surface area contributed by atoms with E-state index in [-0.39, 0.29) is 4.90 Å². The van der Waals surface area contributed by atoms with Gasteiger partial charge in [0.2, 0.25) is 0 Å². The van der Waals surface area contributed by atoms with Crippen LogP contribution in [0.2, 0.25) is 0 Å². The molecule has 0 atom stereocenters. The van der Waals surface area contributed by atoms with Gasteiger partial charge in [-0.15, -0.1) is 0 Å². The number of nitrogens with one attached hydrogen (secondary N) is 1. The number of anilines is 1. The van der Waals surface area contributed by atoms with Gasteiger partial charge < -0.3 is 4.74 Å². The summed E-state index contributed by atoms with van der Waals surface area (Å²) in [7, 11) is -2.25. The zero-order valence-electron chi connectivity index (χ0n) is 18.6. The van der Waals surface area contributed by atoms with Crippen LogP contribution in [0, 0.1) is 6.92 Å². The number of aryl methyl sites for hydroxylation is 1. The van der Waals surface area contributed by atoms with Crippen LogP contribution in [0.15, 0.2) is 96.2 Å². The molecule has 5 aromatic rings. The number of rotatable bonds is 6. The van der Waals surface area contributed by atoms with Crippen molar-refractivity contribution in [2.75, 3.05) is 11.8 Å². The second-order valence-corrected chi connectivity index (χ2v) is 9.55. The van der Waals surface area contributed by atoms with Crippen LogP contribution in [0.25, 0.3) is 27.8 Å². The Morgan fingerprint density at radius 1 is 0.912 bits per heavy atom. The first-order valence-electron chi connectivity index (χ1n) is 10.6. The molecule has 0 aliphatic heterocycles. The van der Waals surface area contributed by atoms with Gasteiger partial charge in [-0.25, -0.2) is 18.1 Å². The molecule has 34 heavy (non-hydrogen) atoms. The fourth-order valence-electron chi connectivity index (χ4n) is 3.83. The number of benzene rings is 3. The lowest BCUT2D eigenvalue weighted by Gasteiger charge is -2.13. The summed E-state index contributed by atoms with van der Waals surface area (Å²) in [6.07, 6.45) is 3.44. The Bertz CT molecular complexity index is 1600. The lowest BCUT2D eigenvalue weighted by Crippen LogP contribution is -2.13. The summed E-state index contributed by atoms with van der Waals surface area (Å²) in [5, 5.41) is 5.30. The van der Waals surface area contributed by atoms with Crippen molar-refractivity contribution < 1.29 is 13.2 Å². The second-order valence-electron chi connectivity index (χ2n) is 7.87. The fraction of sp³-hybridized carbons (Fsp3) is 0.0769. The van der Waals surface area contributed by atoms with Crippen LogP contribution in [-0.2, 0) is 10.0 Å². The van der Waals surface area contributed by atoms with Crippen molar-refractivity contribution >= 4 is 26.7 Å². The van der Waals surface area contributed by atoms with Crippen LogP contribution in [0.3, 0.4) is 0 Å².